The molecule has 0 saturated heterocycles. The third-order valence-electron chi connectivity index (χ3n) is 3.03. The van der Waals surface area contributed by atoms with Gasteiger partial charge in [0, 0.05) is 11.8 Å². The molecule has 0 unspecified atom stereocenters. The molecule has 0 aromatic heterocycles. The van der Waals surface area contributed by atoms with Gasteiger partial charge in [0.2, 0.25) is 0 Å². The Kier molecular flexibility index (Phi) is 4.78. The van der Waals surface area contributed by atoms with Crippen LogP contribution in [-0.4, -0.2) is 23.6 Å². The van der Waals surface area contributed by atoms with E-state index in [9.17, 15) is 14.7 Å². The Morgan fingerprint density at radius 2 is 1.77 bits per heavy atom. The van der Waals surface area contributed by atoms with Crippen molar-refractivity contribution >= 4 is 23.3 Å². The predicted octanol–water partition coefficient (Wildman–Crippen LogP) is 2.93. The summed E-state index contributed by atoms with van der Waals surface area (Å²) < 4.78 is 4.79. The summed E-state index contributed by atoms with van der Waals surface area (Å²) in [5.41, 5.74) is 1.94. The number of carbonyl (C=O) groups excluding carboxylic acids is 2. The molecule has 5 heteroatoms. The largest absolute Gasteiger partial charge is 0.508 e. The molecule has 1 N–H and O–H groups in total. The summed E-state index contributed by atoms with van der Waals surface area (Å²) in [5, 5.41) is 9.62. The van der Waals surface area contributed by atoms with Gasteiger partial charge in [-0.15, -0.1) is 0 Å². The molecule has 22 heavy (non-hydrogen) atoms. The van der Waals surface area contributed by atoms with Crippen LogP contribution in [0.1, 0.15) is 12.5 Å². The smallest absolute Gasteiger partial charge is 0.397 e. The minimum Gasteiger partial charge on any atom is -0.508 e. The average molecular weight is 299 g/mol. The van der Waals surface area contributed by atoms with E-state index in [4.69, 9.17) is 4.74 Å². The van der Waals surface area contributed by atoms with Gasteiger partial charge in [-0.1, -0.05) is 23.8 Å². The lowest BCUT2D eigenvalue weighted by Crippen LogP contribution is -2.34. The van der Waals surface area contributed by atoms with E-state index in [0.29, 0.717) is 11.4 Å². The van der Waals surface area contributed by atoms with Crippen LogP contribution >= 0.6 is 0 Å². The van der Waals surface area contributed by atoms with E-state index in [1.165, 1.54) is 17.0 Å². The number of hydrogen-bond donors (Lipinski definition) is 1. The standard InChI is InChI=1S/C17H17NO4/c1-3-22-17(21)16(20)18(13-9-7-12(2)8-10-13)14-5-4-6-15(19)11-14/h4-11,19H,3H2,1-2H3. The lowest BCUT2D eigenvalue weighted by molar-refractivity contribution is -0.152. The number of nitrogens with zero attached hydrogens (tertiary/aromatic N) is 1. The number of hydrogen-bond acceptors (Lipinski definition) is 4. The van der Waals surface area contributed by atoms with Crippen molar-refractivity contribution in [3.63, 3.8) is 0 Å². The highest BCUT2D eigenvalue weighted by molar-refractivity contribution is 6.39. The molecule has 0 spiro atoms. The van der Waals surface area contributed by atoms with E-state index in [2.05, 4.69) is 0 Å². The number of phenolic OH excluding ortho intramolecular Hbond substituents is 1. The Hall–Kier alpha value is -2.82. The fraction of sp³-hybridized carbons (Fsp3) is 0.176. The molecule has 0 aliphatic rings. The first kappa shape index (κ1) is 15.6. The van der Waals surface area contributed by atoms with Crippen LogP contribution in [-0.2, 0) is 14.3 Å². The second-order valence-electron chi connectivity index (χ2n) is 4.72. The molecule has 5 nitrogen and oxygen atoms in total. The quantitative estimate of drug-likeness (QED) is 0.699. The maximum Gasteiger partial charge on any atom is 0.397 e. The highest BCUT2D eigenvalue weighted by Gasteiger charge is 2.26. The number of phenols is 1. The number of anilines is 2. The monoisotopic (exact) mass is 299 g/mol. The van der Waals surface area contributed by atoms with Gasteiger partial charge in [0.1, 0.15) is 5.75 Å². The Labute approximate surface area is 128 Å². The van der Waals surface area contributed by atoms with E-state index in [1.54, 1.807) is 31.2 Å². The summed E-state index contributed by atoms with van der Waals surface area (Å²) >= 11 is 0. The van der Waals surface area contributed by atoms with Crippen LogP contribution in [0.3, 0.4) is 0 Å². The lowest BCUT2D eigenvalue weighted by Gasteiger charge is -2.22. The molecule has 0 aliphatic heterocycles. The van der Waals surface area contributed by atoms with E-state index in [1.807, 2.05) is 19.1 Å². The van der Waals surface area contributed by atoms with Crippen LogP contribution in [0.25, 0.3) is 0 Å². The molecule has 1 amide bonds. The summed E-state index contributed by atoms with van der Waals surface area (Å²) in [6, 6.07) is 13.3. The molecule has 0 radical (unpaired) electrons. The van der Waals surface area contributed by atoms with Gasteiger partial charge in [0.25, 0.3) is 0 Å². The van der Waals surface area contributed by atoms with Crippen molar-refractivity contribution in [1.29, 1.82) is 0 Å². The van der Waals surface area contributed by atoms with Gasteiger partial charge in [0.05, 0.1) is 12.3 Å². The molecular formula is C17H17NO4. The third kappa shape index (κ3) is 3.44. The van der Waals surface area contributed by atoms with Crippen molar-refractivity contribution in [2.45, 2.75) is 13.8 Å². The molecule has 0 fully saturated rings. The molecule has 2 rings (SSSR count). The summed E-state index contributed by atoms with van der Waals surface area (Å²) in [7, 11) is 0. The zero-order valence-electron chi connectivity index (χ0n) is 12.4. The summed E-state index contributed by atoms with van der Waals surface area (Å²) in [4.78, 5) is 25.4. The Bertz CT molecular complexity index is 679. The molecule has 2 aromatic carbocycles. The molecule has 0 heterocycles. The number of carbonyl (C=O) groups is 2. The van der Waals surface area contributed by atoms with Crippen molar-refractivity contribution in [3.05, 3.63) is 54.1 Å². The first-order chi connectivity index (χ1) is 10.5. The molecule has 0 atom stereocenters. The van der Waals surface area contributed by atoms with Gasteiger partial charge in [-0.25, -0.2) is 4.79 Å². The number of rotatable bonds is 3. The van der Waals surface area contributed by atoms with Crippen molar-refractivity contribution in [2.24, 2.45) is 0 Å². The van der Waals surface area contributed by atoms with E-state index in [-0.39, 0.29) is 12.4 Å². The average Bonchev–Trinajstić information content (AvgIpc) is 2.50. The van der Waals surface area contributed by atoms with Crippen LogP contribution in [0, 0.1) is 6.92 Å². The van der Waals surface area contributed by atoms with Crippen molar-refractivity contribution in [2.75, 3.05) is 11.5 Å². The van der Waals surface area contributed by atoms with Crippen LogP contribution in [0.5, 0.6) is 5.75 Å². The van der Waals surface area contributed by atoms with Crippen LogP contribution < -0.4 is 4.90 Å². The van der Waals surface area contributed by atoms with Crippen molar-refractivity contribution in [3.8, 4) is 5.75 Å². The van der Waals surface area contributed by atoms with Gasteiger partial charge in [-0.2, -0.15) is 0 Å². The lowest BCUT2D eigenvalue weighted by atomic mass is 10.2. The maximum atomic E-state index is 12.4. The zero-order chi connectivity index (χ0) is 16.1. The SMILES string of the molecule is CCOC(=O)C(=O)N(c1ccc(C)cc1)c1cccc(O)c1. The molecule has 0 saturated carbocycles. The number of aryl methyl sites for hydroxylation is 1. The predicted molar refractivity (Wildman–Crippen MR) is 83.1 cm³/mol. The molecule has 0 bridgehead atoms. The number of benzene rings is 2. The number of amides is 1. The van der Waals surface area contributed by atoms with Crippen LogP contribution in [0.15, 0.2) is 48.5 Å². The summed E-state index contributed by atoms with van der Waals surface area (Å²) in [6.07, 6.45) is 0. The molecule has 114 valence electrons. The minimum atomic E-state index is -0.939. The molecule has 2 aromatic rings. The van der Waals surface area contributed by atoms with E-state index >= 15 is 0 Å². The van der Waals surface area contributed by atoms with Gasteiger partial charge >= 0.3 is 11.9 Å². The van der Waals surface area contributed by atoms with Gasteiger partial charge in [-0.05, 0) is 38.1 Å². The minimum absolute atomic E-state index is 0.00581. The number of ether oxygens (including phenoxy) is 1. The van der Waals surface area contributed by atoms with Crippen molar-refractivity contribution in [1.82, 2.24) is 0 Å². The van der Waals surface area contributed by atoms with Gasteiger partial charge < -0.3 is 9.84 Å². The van der Waals surface area contributed by atoms with Crippen LogP contribution in [0.2, 0.25) is 0 Å². The summed E-state index contributed by atoms with van der Waals surface area (Å²) in [5.74, 6) is -1.74. The number of esters is 1. The second kappa shape index (κ2) is 6.76. The zero-order valence-corrected chi connectivity index (χ0v) is 12.4. The molecular weight excluding hydrogens is 282 g/mol. The highest BCUT2D eigenvalue weighted by Crippen LogP contribution is 2.28. The van der Waals surface area contributed by atoms with Crippen LogP contribution in [0.4, 0.5) is 11.4 Å². The fourth-order valence-corrected chi connectivity index (χ4v) is 1.99. The first-order valence-corrected chi connectivity index (χ1v) is 6.90. The second-order valence-corrected chi connectivity index (χ2v) is 4.72. The Morgan fingerprint density at radius 3 is 2.36 bits per heavy atom. The Morgan fingerprint density at radius 1 is 1.09 bits per heavy atom. The van der Waals surface area contributed by atoms with Gasteiger partial charge in [-0.3, -0.25) is 9.69 Å². The maximum absolute atomic E-state index is 12.4. The molecule has 0 aliphatic carbocycles. The highest BCUT2D eigenvalue weighted by atomic mass is 16.5. The van der Waals surface area contributed by atoms with Crippen molar-refractivity contribution < 1.29 is 19.4 Å². The number of aromatic hydroxyl groups is 1. The topological polar surface area (TPSA) is 66.8 Å². The Balaban J connectivity index is 2.47. The third-order valence-corrected chi connectivity index (χ3v) is 3.03. The normalized spacial score (nSPS) is 10.1. The fourth-order valence-electron chi connectivity index (χ4n) is 1.99. The van der Waals surface area contributed by atoms with E-state index in [0.717, 1.165) is 5.56 Å². The van der Waals surface area contributed by atoms with E-state index < -0.39 is 11.9 Å². The first-order valence-electron chi connectivity index (χ1n) is 6.90. The van der Waals surface area contributed by atoms with Gasteiger partial charge in [0.15, 0.2) is 0 Å². The summed E-state index contributed by atoms with van der Waals surface area (Å²) in [6.45, 7) is 3.68.